The van der Waals surface area contributed by atoms with E-state index in [2.05, 4.69) is 15.5 Å². The molecule has 148 valence electrons. The highest BCUT2D eigenvalue weighted by Crippen LogP contribution is 2.28. The Hall–Kier alpha value is -2.93. The first-order valence-electron chi connectivity index (χ1n) is 9.74. The fraction of sp³-hybridized carbons (Fsp3) is 0.381. The molecule has 1 saturated heterocycles. The van der Waals surface area contributed by atoms with Crippen LogP contribution >= 0.6 is 0 Å². The van der Waals surface area contributed by atoms with Crippen LogP contribution in [0.2, 0.25) is 0 Å². The first-order chi connectivity index (χ1) is 13.6. The fourth-order valence-corrected chi connectivity index (χ4v) is 3.40. The van der Waals surface area contributed by atoms with Crippen LogP contribution in [0.25, 0.3) is 0 Å². The van der Waals surface area contributed by atoms with Crippen molar-refractivity contribution in [1.29, 1.82) is 0 Å². The van der Waals surface area contributed by atoms with Crippen molar-refractivity contribution in [3.63, 3.8) is 0 Å². The number of nitrogens with zero attached hydrogens (tertiary/aromatic N) is 2. The summed E-state index contributed by atoms with van der Waals surface area (Å²) < 4.78 is 0. The number of hydrogen-bond acceptors (Lipinski definition) is 5. The first-order valence-corrected chi connectivity index (χ1v) is 9.74. The van der Waals surface area contributed by atoms with Gasteiger partial charge < -0.3 is 15.5 Å². The minimum Gasteiger partial charge on any atom is -0.352 e. The van der Waals surface area contributed by atoms with E-state index in [4.69, 9.17) is 0 Å². The van der Waals surface area contributed by atoms with Gasteiger partial charge in [-0.3, -0.25) is 14.9 Å². The third kappa shape index (κ3) is 5.53. The number of carbonyl (C=O) groups excluding carboxylic acids is 1. The molecule has 3 rings (SSSR count). The van der Waals surface area contributed by atoms with Crippen molar-refractivity contribution in [3.8, 4) is 0 Å². The van der Waals surface area contributed by atoms with Crippen molar-refractivity contribution in [2.24, 2.45) is 0 Å². The van der Waals surface area contributed by atoms with E-state index in [9.17, 15) is 14.9 Å². The van der Waals surface area contributed by atoms with Gasteiger partial charge in [0.05, 0.1) is 4.92 Å². The molecule has 0 bridgehead atoms. The smallest absolute Gasteiger partial charge is 0.293 e. The number of benzene rings is 2. The predicted molar refractivity (Wildman–Crippen MR) is 110 cm³/mol. The van der Waals surface area contributed by atoms with Crippen LogP contribution in [-0.2, 0) is 0 Å². The van der Waals surface area contributed by atoms with Crippen LogP contribution in [0.15, 0.2) is 48.5 Å². The van der Waals surface area contributed by atoms with Gasteiger partial charge in [-0.15, -0.1) is 0 Å². The van der Waals surface area contributed by atoms with E-state index in [0.717, 1.165) is 31.7 Å². The molecule has 2 N–H and O–H groups in total. The molecule has 0 spiro atoms. The highest BCUT2D eigenvalue weighted by Gasteiger charge is 2.18. The summed E-state index contributed by atoms with van der Waals surface area (Å²) >= 11 is 0. The standard InChI is InChI=1S/C21H26N4O3/c26-21(22-12-7-15-24-13-5-2-6-14-24)17-10-11-19(20(16-17)25(27)28)23-18-8-3-1-4-9-18/h1,3-4,8-11,16,23H,2,5-7,12-15H2,(H,22,26). The first kappa shape index (κ1) is 19.8. The summed E-state index contributed by atoms with van der Waals surface area (Å²) in [4.78, 5) is 25.8. The molecule has 28 heavy (non-hydrogen) atoms. The molecule has 0 aliphatic carbocycles. The third-order valence-corrected chi connectivity index (χ3v) is 4.89. The summed E-state index contributed by atoms with van der Waals surface area (Å²) in [6.45, 7) is 3.81. The van der Waals surface area contributed by atoms with Gasteiger partial charge in [-0.1, -0.05) is 24.6 Å². The minimum atomic E-state index is -0.474. The van der Waals surface area contributed by atoms with Gasteiger partial charge in [0.2, 0.25) is 0 Å². The Kier molecular flexibility index (Phi) is 6.97. The molecule has 2 aromatic carbocycles. The van der Waals surface area contributed by atoms with Crippen LogP contribution < -0.4 is 10.6 Å². The van der Waals surface area contributed by atoms with Gasteiger partial charge in [0.25, 0.3) is 11.6 Å². The van der Waals surface area contributed by atoms with E-state index in [-0.39, 0.29) is 11.6 Å². The molecule has 1 amide bonds. The average Bonchev–Trinajstić information content (AvgIpc) is 2.72. The van der Waals surface area contributed by atoms with Crippen LogP contribution in [0.4, 0.5) is 17.1 Å². The highest BCUT2D eigenvalue weighted by molar-refractivity contribution is 5.95. The maximum atomic E-state index is 12.4. The molecule has 1 aliphatic rings. The van der Waals surface area contributed by atoms with Crippen LogP contribution in [0.3, 0.4) is 0 Å². The molecule has 0 aromatic heterocycles. The van der Waals surface area contributed by atoms with E-state index < -0.39 is 4.92 Å². The monoisotopic (exact) mass is 382 g/mol. The second-order valence-electron chi connectivity index (χ2n) is 6.99. The molecule has 1 heterocycles. The normalized spacial score (nSPS) is 14.4. The van der Waals surface area contributed by atoms with E-state index in [1.807, 2.05) is 30.3 Å². The number of nitro benzene ring substituents is 1. The molecule has 2 aromatic rings. The molecular weight excluding hydrogens is 356 g/mol. The molecule has 7 heteroatoms. The summed E-state index contributed by atoms with van der Waals surface area (Å²) in [7, 11) is 0. The number of carbonyl (C=O) groups is 1. The average molecular weight is 382 g/mol. The zero-order valence-electron chi connectivity index (χ0n) is 15.9. The molecular formula is C21H26N4O3. The zero-order chi connectivity index (χ0) is 19.8. The molecule has 1 fully saturated rings. The summed E-state index contributed by atoms with van der Waals surface area (Å²) in [5.74, 6) is -0.284. The number of hydrogen-bond donors (Lipinski definition) is 2. The van der Waals surface area contributed by atoms with Gasteiger partial charge in [0.15, 0.2) is 0 Å². The number of amides is 1. The second-order valence-corrected chi connectivity index (χ2v) is 6.99. The Morgan fingerprint density at radius 3 is 2.54 bits per heavy atom. The minimum absolute atomic E-state index is 0.121. The lowest BCUT2D eigenvalue weighted by Gasteiger charge is -2.26. The molecule has 0 unspecified atom stereocenters. The Morgan fingerprint density at radius 2 is 1.82 bits per heavy atom. The van der Waals surface area contributed by atoms with Gasteiger partial charge >= 0.3 is 0 Å². The lowest BCUT2D eigenvalue weighted by Crippen LogP contribution is -2.33. The van der Waals surface area contributed by atoms with Crippen LogP contribution in [-0.4, -0.2) is 41.9 Å². The van der Waals surface area contributed by atoms with Gasteiger partial charge in [-0.25, -0.2) is 0 Å². The topological polar surface area (TPSA) is 87.5 Å². The van der Waals surface area contributed by atoms with E-state index >= 15 is 0 Å². The SMILES string of the molecule is O=C(NCCCN1CCCCC1)c1ccc(Nc2ccccc2)c([N+](=O)[O-])c1. The van der Waals surface area contributed by atoms with Crippen molar-refractivity contribution in [1.82, 2.24) is 10.2 Å². The second kappa shape index (κ2) is 9.85. The Labute approximate surface area is 164 Å². The quantitative estimate of drug-likeness (QED) is 0.410. The number of rotatable bonds is 8. The molecule has 0 saturated carbocycles. The summed E-state index contributed by atoms with van der Waals surface area (Å²) in [5.41, 5.74) is 1.28. The summed E-state index contributed by atoms with van der Waals surface area (Å²) in [5, 5.41) is 17.3. The lowest BCUT2D eigenvalue weighted by atomic mass is 10.1. The number of nitro groups is 1. The largest absolute Gasteiger partial charge is 0.352 e. The summed E-state index contributed by atoms with van der Waals surface area (Å²) in [6, 6.07) is 13.7. The van der Waals surface area contributed by atoms with Gasteiger partial charge in [-0.2, -0.15) is 0 Å². The molecule has 7 nitrogen and oxygen atoms in total. The lowest BCUT2D eigenvalue weighted by molar-refractivity contribution is -0.383. The van der Waals surface area contributed by atoms with Gasteiger partial charge in [0.1, 0.15) is 5.69 Å². The fourth-order valence-electron chi connectivity index (χ4n) is 3.40. The maximum absolute atomic E-state index is 12.4. The number of anilines is 2. The van der Waals surface area contributed by atoms with Gasteiger partial charge in [-0.05, 0) is 63.2 Å². The molecule has 0 radical (unpaired) electrons. The highest BCUT2D eigenvalue weighted by atomic mass is 16.6. The van der Waals surface area contributed by atoms with Crippen molar-refractivity contribution in [2.45, 2.75) is 25.7 Å². The number of nitrogens with one attached hydrogen (secondary N) is 2. The van der Waals surface area contributed by atoms with Crippen molar-refractivity contribution < 1.29 is 9.72 Å². The third-order valence-electron chi connectivity index (χ3n) is 4.89. The Bertz CT molecular complexity index is 805. The molecule has 0 atom stereocenters. The van der Waals surface area contributed by atoms with Crippen LogP contribution in [0, 0.1) is 10.1 Å². The van der Waals surface area contributed by atoms with E-state index in [0.29, 0.717) is 17.8 Å². The Morgan fingerprint density at radius 1 is 1.07 bits per heavy atom. The predicted octanol–water partition coefficient (Wildman–Crippen LogP) is 3.94. The molecule has 1 aliphatic heterocycles. The number of piperidine rings is 1. The van der Waals surface area contributed by atoms with Crippen LogP contribution in [0.5, 0.6) is 0 Å². The van der Waals surface area contributed by atoms with Crippen molar-refractivity contribution in [2.75, 3.05) is 31.5 Å². The zero-order valence-corrected chi connectivity index (χ0v) is 15.9. The number of likely N-dealkylation sites (tertiary alicyclic amines) is 1. The number of para-hydroxylation sites is 1. The van der Waals surface area contributed by atoms with Gasteiger partial charge in [0, 0.05) is 23.9 Å². The van der Waals surface area contributed by atoms with Crippen molar-refractivity contribution >= 4 is 23.0 Å². The summed E-state index contributed by atoms with van der Waals surface area (Å²) in [6.07, 6.45) is 4.68. The van der Waals surface area contributed by atoms with E-state index in [1.54, 1.807) is 12.1 Å². The van der Waals surface area contributed by atoms with Crippen molar-refractivity contribution in [3.05, 3.63) is 64.2 Å². The maximum Gasteiger partial charge on any atom is 0.293 e. The van der Waals surface area contributed by atoms with E-state index in [1.165, 1.54) is 25.3 Å². The Balaban J connectivity index is 1.57. The van der Waals surface area contributed by atoms with Crippen LogP contribution in [0.1, 0.15) is 36.0 Å².